The molecule has 3 aromatic rings. The van der Waals surface area contributed by atoms with Gasteiger partial charge in [-0.3, -0.25) is 4.79 Å². The van der Waals surface area contributed by atoms with Gasteiger partial charge in [-0.05, 0) is 31.0 Å². The Hall–Kier alpha value is -3.40. The molecule has 1 aromatic carbocycles. The molecule has 34 heavy (non-hydrogen) atoms. The Labute approximate surface area is 198 Å². The van der Waals surface area contributed by atoms with Gasteiger partial charge in [0.25, 0.3) is 5.91 Å². The van der Waals surface area contributed by atoms with E-state index in [1.54, 1.807) is 35.4 Å². The molecule has 0 fully saturated rings. The Morgan fingerprint density at radius 2 is 1.91 bits per heavy atom. The predicted octanol–water partition coefficient (Wildman–Crippen LogP) is 3.81. The number of alkyl halides is 1. The number of rotatable bonds is 12. The van der Waals surface area contributed by atoms with Crippen LogP contribution in [0.3, 0.4) is 0 Å². The van der Waals surface area contributed by atoms with Gasteiger partial charge in [-0.1, -0.05) is 13.8 Å². The minimum Gasteiger partial charge on any atom is -0.491 e. The molecule has 2 atom stereocenters. The molecule has 2 unspecified atom stereocenters. The molecule has 0 bridgehead atoms. The number of nitrogen functional groups attached to an aromatic ring is 2. The number of amides is 1. The number of hydrogen-bond acceptors (Lipinski definition) is 7. The van der Waals surface area contributed by atoms with Crippen LogP contribution in [0.5, 0.6) is 5.75 Å². The SMILES string of the molecule is CCCN(CCC)C(=O)c1ccc(OCC(CC(F)n2ccc3c(N)ncnc32)OC)cc1N. The summed E-state index contributed by atoms with van der Waals surface area (Å²) in [5.74, 6) is 0.691. The molecule has 0 spiro atoms. The third kappa shape index (κ3) is 5.74. The van der Waals surface area contributed by atoms with E-state index in [-0.39, 0.29) is 18.9 Å². The number of halogens is 1. The van der Waals surface area contributed by atoms with Crippen molar-refractivity contribution < 1.29 is 18.7 Å². The average Bonchev–Trinajstić information content (AvgIpc) is 3.27. The monoisotopic (exact) mass is 472 g/mol. The van der Waals surface area contributed by atoms with E-state index in [0.29, 0.717) is 46.9 Å². The molecule has 0 aliphatic carbocycles. The number of nitrogens with zero attached hydrogens (tertiary/aromatic N) is 4. The van der Waals surface area contributed by atoms with Crippen LogP contribution >= 0.6 is 0 Å². The van der Waals surface area contributed by atoms with E-state index in [1.165, 1.54) is 18.0 Å². The first-order chi connectivity index (χ1) is 16.4. The zero-order valence-electron chi connectivity index (χ0n) is 19.9. The average molecular weight is 473 g/mol. The van der Waals surface area contributed by atoms with Gasteiger partial charge in [0.15, 0.2) is 6.30 Å². The Morgan fingerprint density at radius 3 is 2.56 bits per heavy atom. The van der Waals surface area contributed by atoms with Crippen LogP contribution in [0.4, 0.5) is 15.9 Å². The van der Waals surface area contributed by atoms with Crippen LogP contribution in [0.1, 0.15) is 49.8 Å². The van der Waals surface area contributed by atoms with Crippen molar-refractivity contribution in [1.29, 1.82) is 0 Å². The maximum atomic E-state index is 15.1. The molecule has 1 amide bonds. The van der Waals surface area contributed by atoms with E-state index in [4.69, 9.17) is 20.9 Å². The van der Waals surface area contributed by atoms with E-state index in [2.05, 4.69) is 9.97 Å². The van der Waals surface area contributed by atoms with Gasteiger partial charge in [0.1, 0.15) is 30.1 Å². The maximum absolute atomic E-state index is 15.1. The molecule has 4 N–H and O–H groups in total. The second-order valence-corrected chi connectivity index (χ2v) is 8.10. The summed E-state index contributed by atoms with van der Waals surface area (Å²) in [5, 5.41) is 0.594. The van der Waals surface area contributed by atoms with Gasteiger partial charge in [-0.25, -0.2) is 14.4 Å². The number of carbonyl (C=O) groups is 1. The smallest absolute Gasteiger partial charge is 0.255 e. The van der Waals surface area contributed by atoms with E-state index in [1.807, 2.05) is 13.8 Å². The molecule has 0 saturated carbocycles. The summed E-state index contributed by atoms with van der Waals surface area (Å²) in [6.07, 6.45) is 2.76. The molecule has 3 rings (SSSR count). The Balaban J connectivity index is 1.63. The third-order valence-electron chi connectivity index (χ3n) is 5.60. The number of anilines is 2. The molecule has 0 aliphatic heterocycles. The van der Waals surface area contributed by atoms with Crippen LogP contribution in [-0.2, 0) is 4.74 Å². The van der Waals surface area contributed by atoms with Crippen molar-refractivity contribution in [2.75, 3.05) is 38.3 Å². The molecule has 184 valence electrons. The van der Waals surface area contributed by atoms with E-state index < -0.39 is 12.4 Å². The van der Waals surface area contributed by atoms with Gasteiger partial charge < -0.3 is 30.4 Å². The zero-order valence-corrected chi connectivity index (χ0v) is 19.9. The van der Waals surface area contributed by atoms with Gasteiger partial charge >= 0.3 is 0 Å². The van der Waals surface area contributed by atoms with Crippen LogP contribution in [0, 0.1) is 0 Å². The molecule has 0 aliphatic rings. The molecule has 0 radical (unpaired) electrons. The van der Waals surface area contributed by atoms with Gasteiger partial charge in [0, 0.05) is 44.6 Å². The van der Waals surface area contributed by atoms with E-state index >= 15 is 4.39 Å². The fourth-order valence-corrected chi connectivity index (χ4v) is 3.82. The number of hydrogen-bond donors (Lipinski definition) is 2. The number of methoxy groups -OCH3 is 1. The highest BCUT2D eigenvalue weighted by Crippen LogP contribution is 2.26. The largest absolute Gasteiger partial charge is 0.491 e. The zero-order chi connectivity index (χ0) is 24.7. The lowest BCUT2D eigenvalue weighted by Gasteiger charge is -2.23. The lowest BCUT2D eigenvalue weighted by Crippen LogP contribution is -2.33. The summed E-state index contributed by atoms with van der Waals surface area (Å²) < 4.78 is 27.7. The number of benzene rings is 1. The number of aromatic nitrogens is 3. The quantitative estimate of drug-likeness (QED) is 0.384. The second-order valence-electron chi connectivity index (χ2n) is 8.10. The van der Waals surface area contributed by atoms with Crippen LogP contribution < -0.4 is 16.2 Å². The highest BCUT2D eigenvalue weighted by atomic mass is 19.1. The Kier molecular flexibility index (Phi) is 8.64. The normalized spacial score (nSPS) is 13.1. The summed E-state index contributed by atoms with van der Waals surface area (Å²) >= 11 is 0. The van der Waals surface area contributed by atoms with Gasteiger partial charge in [0.2, 0.25) is 0 Å². The van der Waals surface area contributed by atoms with Crippen molar-refractivity contribution in [3.63, 3.8) is 0 Å². The first-order valence-corrected chi connectivity index (χ1v) is 11.4. The fourth-order valence-electron chi connectivity index (χ4n) is 3.82. The van der Waals surface area contributed by atoms with E-state index in [0.717, 1.165) is 12.8 Å². The molecule has 2 heterocycles. The second kappa shape index (κ2) is 11.6. The third-order valence-corrected chi connectivity index (χ3v) is 5.60. The highest BCUT2D eigenvalue weighted by molar-refractivity contribution is 5.99. The highest BCUT2D eigenvalue weighted by Gasteiger charge is 2.21. The van der Waals surface area contributed by atoms with Crippen LogP contribution in [0.2, 0.25) is 0 Å². The molecule has 2 aromatic heterocycles. The molecule has 10 heteroatoms. The summed E-state index contributed by atoms with van der Waals surface area (Å²) in [5.41, 5.74) is 13.2. The minimum absolute atomic E-state index is 0.0409. The lowest BCUT2D eigenvalue weighted by atomic mass is 10.1. The van der Waals surface area contributed by atoms with Crippen molar-refractivity contribution in [3.8, 4) is 5.75 Å². The Bertz CT molecular complexity index is 1100. The predicted molar refractivity (Wildman–Crippen MR) is 130 cm³/mol. The fraction of sp³-hybridized carbons (Fsp3) is 0.458. The van der Waals surface area contributed by atoms with Crippen LogP contribution in [0.15, 0.2) is 36.8 Å². The van der Waals surface area contributed by atoms with Gasteiger partial charge in [0.05, 0.1) is 17.1 Å². The summed E-state index contributed by atoms with van der Waals surface area (Å²) in [7, 11) is 1.50. The molecular weight excluding hydrogens is 439 g/mol. The van der Waals surface area contributed by atoms with Crippen molar-refractivity contribution in [1.82, 2.24) is 19.4 Å². The van der Waals surface area contributed by atoms with Crippen molar-refractivity contribution in [2.24, 2.45) is 0 Å². The van der Waals surface area contributed by atoms with E-state index in [9.17, 15) is 4.79 Å². The van der Waals surface area contributed by atoms with Crippen LogP contribution in [0.25, 0.3) is 11.0 Å². The first kappa shape index (κ1) is 25.2. The van der Waals surface area contributed by atoms with Gasteiger partial charge in [-0.15, -0.1) is 0 Å². The minimum atomic E-state index is -1.39. The van der Waals surface area contributed by atoms with Crippen molar-refractivity contribution in [2.45, 2.75) is 45.5 Å². The van der Waals surface area contributed by atoms with Crippen molar-refractivity contribution in [3.05, 3.63) is 42.4 Å². The lowest BCUT2D eigenvalue weighted by molar-refractivity contribution is 0.0224. The molecule has 9 nitrogen and oxygen atoms in total. The summed E-state index contributed by atoms with van der Waals surface area (Å²) in [4.78, 5) is 22.7. The number of fused-ring (bicyclic) bond motifs is 1. The molecular formula is C24H33FN6O3. The van der Waals surface area contributed by atoms with Crippen LogP contribution in [-0.4, -0.2) is 58.3 Å². The number of nitrogens with two attached hydrogens (primary N) is 2. The summed E-state index contributed by atoms with van der Waals surface area (Å²) in [6.45, 7) is 5.54. The first-order valence-electron chi connectivity index (χ1n) is 11.4. The van der Waals surface area contributed by atoms with Crippen molar-refractivity contribution >= 4 is 28.4 Å². The molecule has 0 saturated heterocycles. The number of ether oxygens (including phenoxy) is 2. The Morgan fingerprint density at radius 1 is 1.18 bits per heavy atom. The maximum Gasteiger partial charge on any atom is 0.255 e. The van der Waals surface area contributed by atoms with Gasteiger partial charge in [-0.2, -0.15) is 0 Å². The number of carbonyl (C=O) groups excluding carboxylic acids is 1. The standard InChI is InChI=1S/C24H33FN6O3/c1-4-9-30(10-5-2)24(32)18-7-6-16(12-20(18)26)34-14-17(33-3)13-21(25)31-11-8-19-22(27)28-15-29-23(19)31/h6-8,11-12,15,17,21H,4-5,9-10,13-14,26H2,1-3H3,(H2,27,28,29). The topological polar surface area (TPSA) is 122 Å². The summed E-state index contributed by atoms with van der Waals surface area (Å²) in [6, 6.07) is 6.66.